The molecule has 1 aromatic rings. The van der Waals surface area contributed by atoms with E-state index in [2.05, 4.69) is 0 Å². The van der Waals surface area contributed by atoms with E-state index in [1.54, 1.807) is 18.2 Å². The number of hydrogen-bond donors (Lipinski definition) is 1. The quantitative estimate of drug-likeness (QED) is 0.874. The second-order valence-electron chi connectivity index (χ2n) is 5.01. The first-order valence-electron chi connectivity index (χ1n) is 6.79. The first-order chi connectivity index (χ1) is 10.5. The van der Waals surface area contributed by atoms with E-state index in [4.69, 9.17) is 14.2 Å². The first-order valence-corrected chi connectivity index (χ1v) is 6.79. The molecule has 1 N–H and O–H groups in total. The molecule has 0 saturated carbocycles. The van der Waals surface area contributed by atoms with Gasteiger partial charge in [-0.05, 0) is 12.1 Å². The number of carboxylic acid groups (broad SMARTS) is 1. The molecule has 7 nitrogen and oxygen atoms in total. The summed E-state index contributed by atoms with van der Waals surface area (Å²) in [5.74, 6) is -0.485. The lowest BCUT2D eigenvalue weighted by Crippen LogP contribution is -2.40. The van der Waals surface area contributed by atoms with Gasteiger partial charge in [0.05, 0.1) is 20.3 Å². The van der Waals surface area contributed by atoms with Gasteiger partial charge in [0, 0.05) is 31.7 Å². The third-order valence-corrected chi connectivity index (χ3v) is 3.74. The maximum atomic E-state index is 12.7. The van der Waals surface area contributed by atoms with E-state index in [0.717, 1.165) is 0 Å². The second-order valence-corrected chi connectivity index (χ2v) is 5.01. The molecule has 0 radical (unpaired) electrons. The zero-order valence-electron chi connectivity index (χ0n) is 12.7. The molecule has 2 atom stereocenters. The Balaban J connectivity index is 2.31. The van der Waals surface area contributed by atoms with Gasteiger partial charge in [-0.2, -0.15) is 0 Å². The number of carbonyl (C=O) groups is 2. The van der Waals surface area contributed by atoms with Crippen LogP contribution in [0.4, 0.5) is 0 Å². The number of nitrogens with zero attached hydrogens (tertiary/aromatic N) is 1. The van der Waals surface area contributed by atoms with Crippen molar-refractivity contribution < 1.29 is 28.9 Å². The first kappa shape index (κ1) is 16.1. The molecule has 22 heavy (non-hydrogen) atoms. The maximum Gasteiger partial charge on any atom is 0.326 e. The number of carbonyl (C=O) groups excluding carboxylic acids is 1. The molecule has 0 aliphatic carbocycles. The Bertz CT molecular complexity index is 551. The number of amides is 1. The monoisotopic (exact) mass is 309 g/mol. The van der Waals surface area contributed by atoms with Crippen molar-refractivity contribution >= 4 is 11.9 Å². The van der Waals surface area contributed by atoms with Crippen LogP contribution in [-0.4, -0.2) is 61.9 Å². The van der Waals surface area contributed by atoms with Gasteiger partial charge in [-0.15, -0.1) is 0 Å². The minimum atomic E-state index is -1.04. The zero-order valence-corrected chi connectivity index (χ0v) is 12.7. The SMILES string of the molecule is COc1cc(OC)cc(C(=O)N2CC(OC)CC2C(=O)O)c1. The van der Waals surface area contributed by atoms with Gasteiger partial charge in [0.15, 0.2) is 0 Å². The van der Waals surface area contributed by atoms with Crippen molar-refractivity contribution in [3.8, 4) is 11.5 Å². The van der Waals surface area contributed by atoms with Crippen LogP contribution in [-0.2, 0) is 9.53 Å². The van der Waals surface area contributed by atoms with Crippen LogP contribution in [0.3, 0.4) is 0 Å². The van der Waals surface area contributed by atoms with Gasteiger partial charge in [-0.3, -0.25) is 4.79 Å². The lowest BCUT2D eigenvalue weighted by atomic mass is 10.1. The van der Waals surface area contributed by atoms with Crippen LogP contribution in [0.15, 0.2) is 18.2 Å². The molecular weight excluding hydrogens is 290 g/mol. The molecule has 1 heterocycles. The van der Waals surface area contributed by atoms with Crippen LogP contribution in [0.2, 0.25) is 0 Å². The maximum absolute atomic E-state index is 12.7. The highest BCUT2D eigenvalue weighted by Gasteiger charge is 2.40. The second kappa shape index (κ2) is 6.65. The lowest BCUT2D eigenvalue weighted by Gasteiger charge is -2.21. The number of hydrogen-bond acceptors (Lipinski definition) is 5. The molecular formula is C15H19NO6. The number of aliphatic carboxylic acids is 1. The molecule has 1 amide bonds. The molecule has 2 unspecified atom stereocenters. The van der Waals surface area contributed by atoms with Crippen molar-refractivity contribution in [3.63, 3.8) is 0 Å². The summed E-state index contributed by atoms with van der Waals surface area (Å²) in [6, 6.07) is 3.87. The van der Waals surface area contributed by atoms with E-state index in [9.17, 15) is 14.7 Å². The van der Waals surface area contributed by atoms with E-state index in [1.807, 2.05) is 0 Å². The van der Waals surface area contributed by atoms with Crippen molar-refractivity contribution in [3.05, 3.63) is 23.8 Å². The molecule has 1 aliphatic rings. The molecule has 1 fully saturated rings. The van der Waals surface area contributed by atoms with Crippen molar-refractivity contribution in [2.75, 3.05) is 27.9 Å². The van der Waals surface area contributed by atoms with E-state index in [0.29, 0.717) is 17.1 Å². The van der Waals surface area contributed by atoms with Gasteiger partial charge in [0.2, 0.25) is 0 Å². The molecule has 0 spiro atoms. The summed E-state index contributed by atoms with van der Waals surface area (Å²) < 4.78 is 15.5. The number of rotatable bonds is 5. The lowest BCUT2D eigenvalue weighted by molar-refractivity contribution is -0.141. The van der Waals surface area contributed by atoms with Crippen molar-refractivity contribution in [1.82, 2.24) is 4.90 Å². The van der Waals surface area contributed by atoms with E-state index in [1.165, 1.54) is 26.2 Å². The Kier molecular flexibility index (Phi) is 4.87. The fourth-order valence-corrected chi connectivity index (χ4v) is 2.52. The smallest absolute Gasteiger partial charge is 0.326 e. The van der Waals surface area contributed by atoms with Gasteiger partial charge in [-0.25, -0.2) is 4.79 Å². The Morgan fingerprint density at radius 1 is 1.14 bits per heavy atom. The summed E-state index contributed by atoms with van der Waals surface area (Å²) in [6.07, 6.45) is -0.00358. The standard InChI is InChI=1S/C15H19NO6/c1-20-10-4-9(5-11(6-10)21-2)14(17)16-8-12(22-3)7-13(16)15(18)19/h4-6,12-13H,7-8H2,1-3H3,(H,18,19). The van der Waals surface area contributed by atoms with Crippen LogP contribution in [0.25, 0.3) is 0 Å². The van der Waals surface area contributed by atoms with Crippen LogP contribution in [0.1, 0.15) is 16.8 Å². The molecule has 120 valence electrons. The van der Waals surface area contributed by atoms with Gasteiger partial charge in [0.25, 0.3) is 5.91 Å². The van der Waals surface area contributed by atoms with Crippen LogP contribution < -0.4 is 9.47 Å². The molecule has 1 saturated heterocycles. The predicted molar refractivity (Wildman–Crippen MR) is 77.4 cm³/mol. The summed E-state index contributed by atoms with van der Waals surface area (Å²) in [5, 5.41) is 9.30. The Labute approximate surface area is 128 Å². The number of carboxylic acids is 1. The van der Waals surface area contributed by atoms with E-state index in [-0.39, 0.29) is 25.0 Å². The molecule has 7 heteroatoms. The number of ether oxygens (including phenoxy) is 3. The molecule has 0 bridgehead atoms. The van der Waals surface area contributed by atoms with Crippen LogP contribution >= 0.6 is 0 Å². The third kappa shape index (κ3) is 3.14. The van der Waals surface area contributed by atoms with Gasteiger partial charge in [0.1, 0.15) is 17.5 Å². The minimum absolute atomic E-state index is 0.242. The van der Waals surface area contributed by atoms with E-state index < -0.39 is 12.0 Å². The fraction of sp³-hybridized carbons (Fsp3) is 0.467. The van der Waals surface area contributed by atoms with Crippen molar-refractivity contribution in [2.45, 2.75) is 18.6 Å². The highest BCUT2D eigenvalue weighted by Crippen LogP contribution is 2.27. The highest BCUT2D eigenvalue weighted by molar-refractivity contribution is 5.97. The predicted octanol–water partition coefficient (Wildman–Crippen LogP) is 1.02. The van der Waals surface area contributed by atoms with Crippen molar-refractivity contribution in [1.29, 1.82) is 0 Å². The van der Waals surface area contributed by atoms with Crippen LogP contribution in [0.5, 0.6) is 11.5 Å². The zero-order chi connectivity index (χ0) is 16.3. The van der Waals surface area contributed by atoms with Gasteiger partial charge in [-0.1, -0.05) is 0 Å². The molecule has 2 rings (SSSR count). The van der Waals surface area contributed by atoms with Gasteiger partial charge >= 0.3 is 5.97 Å². The fourth-order valence-electron chi connectivity index (χ4n) is 2.52. The normalized spacial score (nSPS) is 20.8. The number of likely N-dealkylation sites (tertiary alicyclic amines) is 1. The number of benzene rings is 1. The number of methoxy groups -OCH3 is 3. The Morgan fingerprint density at radius 3 is 2.18 bits per heavy atom. The summed E-state index contributed by atoms with van der Waals surface area (Å²) in [7, 11) is 4.48. The minimum Gasteiger partial charge on any atom is -0.497 e. The topological polar surface area (TPSA) is 85.3 Å². The Morgan fingerprint density at radius 2 is 1.73 bits per heavy atom. The average Bonchev–Trinajstić information content (AvgIpc) is 2.98. The molecule has 1 aromatic carbocycles. The van der Waals surface area contributed by atoms with Crippen molar-refractivity contribution in [2.24, 2.45) is 0 Å². The largest absolute Gasteiger partial charge is 0.497 e. The van der Waals surface area contributed by atoms with Crippen LogP contribution in [0, 0.1) is 0 Å². The summed E-state index contributed by atoms with van der Waals surface area (Å²) in [4.78, 5) is 25.3. The Hall–Kier alpha value is -2.28. The summed E-state index contributed by atoms with van der Waals surface area (Å²) >= 11 is 0. The molecule has 1 aliphatic heterocycles. The van der Waals surface area contributed by atoms with E-state index >= 15 is 0 Å². The molecule has 0 aromatic heterocycles. The highest BCUT2D eigenvalue weighted by atomic mass is 16.5. The summed E-state index contributed by atoms with van der Waals surface area (Å²) in [6.45, 7) is 0.242. The van der Waals surface area contributed by atoms with Gasteiger partial charge < -0.3 is 24.2 Å². The summed E-state index contributed by atoms with van der Waals surface area (Å²) in [5.41, 5.74) is 0.319. The third-order valence-electron chi connectivity index (χ3n) is 3.74. The average molecular weight is 309 g/mol.